The normalized spacial score (nSPS) is 18.8. The summed E-state index contributed by atoms with van der Waals surface area (Å²) in [6.45, 7) is 11.1. The lowest BCUT2D eigenvalue weighted by Crippen LogP contribution is -2.45. The number of rotatable bonds is 6. The largest absolute Gasteiger partial charge is 0.508 e. The zero-order valence-corrected chi connectivity index (χ0v) is 13.6. The minimum atomic E-state index is 0.192. The Balaban J connectivity index is 1.69. The van der Waals surface area contributed by atoms with Gasteiger partial charge in [0.15, 0.2) is 0 Å². The minimum absolute atomic E-state index is 0.192. The third-order valence-corrected chi connectivity index (χ3v) is 4.35. The molecule has 0 spiro atoms. The Labute approximate surface area is 128 Å². The number of hydrogen-bond acceptors (Lipinski definition) is 4. The van der Waals surface area contributed by atoms with Crippen LogP contribution >= 0.6 is 0 Å². The van der Waals surface area contributed by atoms with Crippen molar-refractivity contribution in [3.05, 3.63) is 29.3 Å². The summed E-state index contributed by atoms with van der Waals surface area (Å²) in [6.07, 6.45) is 1.15. The van der Waals surface area contributed by atoms with E-state index < -0.39 is 0 Å². The second-order valence-electron chi connectivity index (χ2n) is 6.24. The molecule has 2 rings (SSSR count). The molecule has 1 unspecified atom stereocenters. The lowest BCUT2D eigenvalue weighted by Gasteiger charge is -2.32. The molecule has 118 valence electrons. The first-order chi connectivity index (χ1) is 10.1. The van der Waals surface area contributed by atoms with Crippen LogP contribution in [0.2, 0.25) is 0 Å². The highest BCUT2D eigenvalue weighted by Crippen LogP contribution is 2.24. The van der Waals surface area contributed by atoms with Crippen LogP contribution in [-0.2, 0) is 0 Å². The molecule has 1 fully saturated rings. The van der Waals surface area contributed by atoms with Crippen LogP contribution in [0.1, 0.15) is 30.5 Å². The maximum Gasteiger partial charge on any atom is 0.120 e. The SMILES string of the molecule is Cc1ccc(O)c(C(C)NCCCN2CCN(C)CC2)c1. The van der Waals surface area contributed by atoms with Gasteiger partial charge in [0.2, 0.25) is 0 Å². The Bertz CT molecular complexity index is 442. The van der Waals surface area contributed by atoms with Crippen molar-refractivity contribution in [1.82, 2.24) is 15.1 Å². The van der Waals surface area contributed by atoms with Gasteiger partial charge in [-0.3, -0.25) is 0 Å². The van der Waals surface area contributed by atoms with Crippen LogP contribution in [0, 0.1) is 6.92 Å². The van der Waals surface area contributed by atoms with Crippen molar-refractivity contribution in [3.8, 4) is 5.75 Å². The maximum atomic E-state index is 9.94. The van der Waals surface area contributed by atoms with Crippen LogP contribution in [0.3, 0.4) is 0 Å². The monoisotopic (exact) mass is 291 g/mol. The fourth-order valence-electron chi connectivity index (χ4n) is 2.82. The third-order valence-electron chi connectivity index (χ3n) is 4.35. The highest BCUT2D eigenvalue weighted by molar-refractivity contribution is 5.37. The van der Waals surface area contributed by atoms with E-state index in [-0.39, 0.29) is 6.04 Å². The van der Waals surface area contributed by atoms with Gasteiger partial charge < -0.3 is 20.2 Å². The number of nitrogens with one attached hydrogen (secondary N) is 1. The van der Waals surface area contributed by atoms with E-state index in [2.05, 4.69) is 42.1 Å². The Morgan fingerprint density at radius 2 is 1.95 bits per heavy atom. The zero-order valence-electron chi connectivity index (χ0n) is 13.6. The molecule has 2 N–H and O–H groups in total. The predicted octanol–water partition coefficient (Wildman–Crippen LogP) is 1.99. The molecule has 0 aliphatic carbocycles. The van der Waals surface area contributed by atoms with E-state index >= 15 is 0 Å². The zero-order chi connectivity index (χ0) is 15.2. The van der Waals surface area contributed by atoms with Gasteiger partial charge in [0.1, 0.15) is 5.75 Å². The van der Waals surface area contributed by atoms with Gasteiger partial charge >= 0.3 is 0 Å². The predicted molar refractivity (Wildman–Crippen MR) is 87.8 cm³/mol. The van der Waals surface area contributed by atoms with Crippen molar-refractivity contribution in [2.45, 2.75) is 26.3 Å². The van der Waals surface area contributed by atoms with E-state index in [1.165, 1.54) is 31.7 Å². The number of benzene rings is 1. The number of aromatic hydroxyl groups is 1. The molecule has 0 radical (unpaired) electrons. The molecule has 21 heavy (non-hydrogen) atoms. The summed E-state index contributed by atoms with van der Waals surface area (Å²) in [5.74, 6) is 0.389. The molecule has 0 amide bonds. The summed E-state index contributed by atoms with van der Waals surface area (Å²) < 4.78 is 0. The number of hydrogen-bond donors (Lipinski definition) is 2. The van der Waals surface area contributed by atoms with Crippen molar-refractivity contribution in [1.29, 1.82) is 0 Å². The first kappa shape index (κ1) is 16.3. The first-order valence-corrected chi connectivity index (χ1v) is 8.00. The van der Waals surface area contributed by atoms with Crippen molar-refractivity contribution in [2.24, 2.45) is 0 Å². The number of phenolic OH excluding ortho intramolecular Hbond substituents is 1. The number of aryl methyl sites for hydroxylation is 1. The Morgan fingerprint density at radius 1 is 1.24 bits per heavy atom. The van der Waals surface area contributed by atoms with Gasteiger partial charge in [-0.25, -0.2) is 0 Å². The molecule has 1 saturated heterocycles. The molecule has 1 atom stereocenters. The molecule has 1 aromatic rings. The number of nitrogens with zero attached hydrogens (tertiary/aromatic N) is 2. The summed E-state index contributed by atoms with van der Waals surface area (Å²) in [5, 5.41) is 13.5. The van der Waals surface area contributed by atoms with E-state index in [9.17, 15) is 5.11 Å². The summed E-state index contributed by atoms with van der Waals surface area (Å²) in [7, 11) is 2.19. The van der Waals surface area contributed by atoms with Crippen LogP contribution in [0.25, 0.3) is 0 Å². The fourth-order valence-corrected chi connectivity index (χ4v) is 2.82. The molecule has 0 aromatic heterocycles. The van der Waals surface area contributed by atoms with Gasteiger partial charge in [-0.2, -0.15) is 0 Å². The van der Waals surface area contributed by atoms with Crippen molar-refractivity contribution in [3.63, 3.8) is 0 Å². The van der Waals surface area contributed by atoms with Crippen molar-refractivity contribution in [2.75, 3.05) is 46.3 Å². The van der Waals surface area contributed by atoms with Gasteiger partial charge in [-0.05, 0) is 46.5 Å². The Kier molecular flexibility index (Phi) is 6.03. The number of phenols is 1. The highest BCUT2D eigenvalue weighted by Gasteiger charge is 2.13. The smallest absolute Gasteiger partial charge is 0.120 e. The molecule has 1 aliphatic rings. The summed E-state index contributed by atoms with van der Waals surface area (Å²) >= 11 is 0. The number of piperazine rings is 1. The standard InChI is InChI=1S/C17H29N3O/c1-14-5-6-17(21)16(13-14)15(2)18-7-4-8-20-11-9-19(3)10-12-20/h5-6,13,15,18,21H,4,7-12H2,1-3H3. The fraction of sp³-hybridized carbons (Fsp3) is 0.647. The summed E-state index contributed by atoms with van der Waals surface area (Å²) in [5.41, 5.74) is 2.18. The topological polar surface area (TPSA) is 38.7 Å². The minimum Gasteiger partial charge on any atom is -0.508 e. The average molecular weight is 291 g/mol. The first-order valence-electron chi connectivity index (χ1n) is 8.00. The lowest BCUT2D eigenvalue weighted by molar-refractivity contribution is 0.152. The van der Waals surface area contributed by atoms with E-state index in [4.69, 9.17) is 0 Å². The van der Waals surface area contributed by atoms with Gasteiger partial charge in [0.05, 0.1) is 0 Å². The molecule has 4 heteroatoms. The Hall–Kier alpha value is -1.10. The van der Waals surface area contributed by atoms with E-state index in [1.54, 1.807) is 6.07 Å². The Morgan fingerprint density at radius 3 is 2.67 bits per heavy atom. The van der Waals surface area contributed by atoms with Crippen LogP contribution < -0.4 is 5.32 Å². The van der Waals surface area contributed by atoms with Crippen molar-refractivity contribution >= 4 is 0 Å². The molecular weight excluding hydrogens is 262 g/mol. The summed E-state index contributed by atoms with van der Waals surface area (Å²) in [6, 6.07) is 5.98. The average Bonchev–Trinajstić information content (AvgIpc) is 2.47. The van der Waals surface area contributed by atoms with E-state index in [1.807, 2.05) is 6.07 Å². The maximum absolute atomic E-state index is 9.94. The molecule has 1 aromatic carbocycles. The van der Waals surface area contributed by atoms with Crippen LogP contribution in [0.15, 0.2) is 18.2 Å². The van der Waals surface area contributed by atoms with Gasteiger partial charge in [-0.15, -0.1) is 0 Å². The second kappa shape index (κ2) is 7.78. The van der Waals surface area contributed by atoms with Crippen molar-refractivity contribution < 1.29 is 5.11 Å². The molecular formula is C17H29N3O. The number of likely N-dealkylation sites (N-methyl/N-ethyl adjacent to an activating group) is 1. The second-order valence-corrected chi connectivity index (χ2v) is 6.24. The van der Waals surface area contributed by atoms with E-state index in [0.29, 0.717) is 5.75 Å². The van der Waals surface area contributed by atoms with Gasteiger partial charge in [0, 0.05) is 37.8 Å². The third kappa shape index (κ3) is 4.99. The van der Waals surface area contributed by atoms with E-state index in [0.717, 1.165) is 25.1 Å². The molecule has 4 nitrogen and oxygen atoms in total. The molecule has 0 bridgehead atoms. The van der Waals surface area contributed by atoms with Crippen LogP contribution in [-0.4, -0.2) is 61.2 Å². The molecule has 1 heterocycles. The van der Waals surface area contributed by atoms with Crippen LogP contribution in [0.5, 0.6) is 5.75 Å². The quantitative estimate of drug-likeness (QED) is 0.786. The lowest BCUT2D eigenvalue weighted by atomic mass is 10.0. The molecule has 0 saturated carbocycles. The highest BCUT2D eigenvalue weighted by atomic mass is 16.3. The van der Waals surface area contributed by atoms with Crippen LogP contribution in [0.4, 0.5) is 0 Å². The molecule has 1 aliphatic heterocycles. The van der Waals surface area contributed by atoms with Gasteiger partial charge in [0.25, 0.3) is 0 Å². The summed E-state index contributed by atoms with van der Waals surface area (Å²) in [4.78, 5) is 4.92. The van der Waals surface area contributed by atoms with Gasteiger partial charge in [-0.1, -0.05) is 17.7 Å².